The van der Waals surface area contributed by atoms with Gasteiger partial charge in [-0.15, -0.1) is 0 Å². The predicted molar refractivity (Wildman–Crippen MR) is 44.5 cm³/mol. The van der Waals surface area contributed by atoms with Crippen molar-refractivity contribution in [1.29, 1.82) is 0 Å². The molecule has 0 spiro atoms. The monoisotopic (exact) mass is 159 g/mol. The van der Waals surface area contributed by atoms with E-state index in [9.17, 15) is 4.79 Å². The van der Waals surface area contributed by atoms with Gasteiger partial charge in [0.25, 0.3) is 0 Å². The van der Waals surface area contributed by atoms with Crippen molar-refractivity contribution >= 4 is 5.91 Å². The summed E-state index contributed by atoms with van der Waals surface area (Å²) < 4.78 is 0. The molecular formula is C10H9NO. The third-order valence-corrected chi connectivity index (χ3v) is 2.87. The van der Waals surface area contributed by atoms with Crippen LogP contribution in [0.5, 0.6) is 0 Å². The van der Waals surface area contributed by atoms with Gasteiger partial charge in [0.1, 0.15) is 0 Å². The third kappa shape index (κ3) is 0.583. The van der Waals surface area contributed by atoms with Gasteiger partial charge in [-0.3, -0.25) is 4.79 Å². The summed E-state index contributed by atoms with van der Waals surface area (Å²) in [5, 5.41) is 2.92. The quantitative estimate of drug-likeness (QED) is 0.563. The molecule has 12 heavy (non-hydrogen) atoms. The number of carbonyl (C=O) groups is 1. The molecule has 1 aromatic carbocycles. The first-order valence-corrected chi connectivity index (χ1v) is 4.24. The zero-order chi connectivity index (χ0) is 8.13. The highest BCUT2D eigenvalue weighted by atomic mass is 16.2. The van der Waals surface area contributed by atoms with Crippen molar-refractivity contribution in [3.05, 3.63) is 35.4 Å². The first-order chi connectivity index (χ1) is 5.86. The third-order valence-electron chi connectivity index (χ3n) is 2.87. The fourth-order valence-corrected chi connectivity index (χ4v) is 2.18. The summed E-state index contributed by atoms with van der Waals surface area (Å²) in [7, 11) is 0. The highest BCUT2D eigenvalue weighted by Gasteiger charge is 2.45. The van der Waals surface area contributed by atoms with E-state index in [1.807, 2.05) is 12.1 Å². The van der Waals surface area contributed by atoms with E-state index in [-0.39, 0.29) is 11.8 Å². The fourth-order valence-electron chi connectivity index (χ4n) is 2.18. The Kier molecular flexibility index (Phi) is 0.980. The highest BCUT2D eigenvalue weighted by Crippen LogP contribution is 2.41. The summed E-state index contributed by atoms with van der Waals surface area (Å²) >= 11 is 0. The minimum Gasteiger partial charge on any atom is -0.348 e. The van der Waals surface area contributed by atoms with Crippen molar-refractivity contribution < 1.29 is 4.79 Å². The van der Waals surface area contributed by atoms with Gasteiger partial charge in [0.15, 0.2) is 0 Å². The van der Waals surface area contributed by atoms with Crippen molar-refractivity contribution in [2.45, 2.75) is 12.5 Å². The Hall–Kier alpha value is -1.31. The number of fused-ring (bicyclic) bond motifs is 3. The first-order valence-electron chi connectivity index (χ1n) is 4.24. The van der Waals surface area contributed by atoms with E-state index in [0.717, 1.165) is 6.42 Å². The largest absolute Gasteiger partial charge is 0.348 e. The first kappa shape index (κ1) is 6.23. The van der Waals surface area contributed by atoms with Crippen LogP contribution in [-0.2, 0) is 11.2 Å². The normalized spacial score (nSPS) is 30.2. The summed E-state index contributed by atoms with van der Waals surface area (Å²) in [6.45, 7) is 0. The lowest BCUT2D eigenvalue weighted by Crippen LogP contribution is -2.49. The lowest BCUT2D eigenvalue weighted by atomic mass is 9.92. The van der Waals surface area contributed by atoms with E-state index in [0.29, 0.717) is 6.04 Å². The van der Waals surface area contributed by atoms with Crippen LogP contribution in [0.2, 0.25) is 0 Å². The number of nitrogens with one attached hydrogen (secondary N) is 1. The van der Waals surface area contributed by atoms with Gasteiger partial charge in [0.2, 0.25) is 5.91 Å². The number of hydrogen-bond donors (Lipinski definition) is 1. The summed E-state index contributed by atoms with van der Waals surface area (Å²) in [5.41, 5.74) is 2.66. The van der Waals surface area contributed by atoms with Crippen molar-refractivity contribution in [1.82, 2.24) is 5.32 Å². The summed E-state index contributed by atoms with van der Waals surface area (Å²) in [6, 6.07) is 8.62. The van der Waals surface area contributed by atoms with Crippen molar-refractivity contribution in [3.8, 4) is 0 Å². The maximum absolute atomic E-state index is 11.1. The van der Waals surface area contributed by atoms with Gasteiger partial charge in [0.05, 0.1) is 12.0 Å². The van der Waals surface area contributed by atoms with Crippen LogP contribution >= 0.6 is 0 Å². The zero-order valence-electron chi connectivity index (χ0n) is 6.58. The van der Waals surface area contributed by atoms with Crippen molar-refractivity contribution in [2.75, 3.05) is 0 Å². The van der Waals surface area contributed by atoms with Crippen LogP contribution in [0, 0.1) is 5.92 Å². The van der Waals surface area contributed by atoms with Crippen LogP contribution in [0.25, 0.3) is 0 Å². The Labute approximate surface area is 70.6 Å². The molecule has 2 unspecified atom stereocenters. The van der Waals surface area contributed by atoms with Gasteiger partial charge in [-0.05, 0) is 17.5 Å². The molecule has 0 aromatic heterocycles. The zero-order valence-corrected chi connectivity index (χ0v) is 6.58. The second kappa shape index (κ2) is 1.89. The van der Waals surface area contributed by atoms with Gasteiger partial charge in [-0.2, -0.15) is 0 Å². The lowest BCUT2D eigenvalue weighted by molar-refractivity contribution is -0.134. The van der Waals surface area contributed by atoms with Crippen LogP contribution in [0.1, 0.15) is 17.2 Å². The Morgan fingerprint density at radius 3 is 3.00 bits per heavy atom. The predicted octanol–water partition coefficient (Wildman–Crippen LogP) is 1.03. The molecule has 1 aromatic rings. The second-order valence-corrected chi connectivity index (χ2v) is 3.50. The molecule has 1 N–H and O–H groups in total. The number of benzene rings is 1. The molecule has 2 atom stereocenters. The minimum atomic E-state index is 0.219. The average Bonchev–Trinajstić information content (AvgIpc) is 2.39. The molecule has 2 aliphatic rings. The molecule has 1 heterocycles. The maximum atomic E-state index is 11.1. The lowest BCUT2D eigenvalue weighted by Gasteiger charge is -2.31. The number of β-lactam (4-membered cyclic amide) rings is 1. The molecule has 1 aliphatic heterocycles. The van der Waals surface area contributed by atoms with Crippen LogP contribution in [0.15, 0.2) is 24.3 Å². The molecule has 1 fully saturated rings. The van der Waals surface area contributed by atoms with Gasteiger partial charge < -0.3 is 5.32 Å². The molecule has 0 bridgehead atoms. The Morgan fingerprint density at radius 1 is 1.33 bits per heavy atom. The van der Waals surface area contributed by atoms with Crippen molar-refractivity contribution in [3.63, 3.8) is 0 Å². The van der Waals surface area contributed by atoms with E-state index in [4.69, 9.17) is 0 Å². The Bertz CT molecular complexity index is 359. The summed E-state index contributed by atoms with van der Waals surface area (Å²) in [4.78, 5) is 11.1. The van der Waals surface area contributed by atoms with Gasteiger partial charge in [0, 0.05) is 0 Å². The minimum absolute atomic E-state index is 0.219. The highest BCUT2D eigenvalue weighted by molar-refractivity contribution is 5.88. The van der Waals surface area contributed by atoms with E-state index in [1.165, 1.54) is 11.1 Å². The molecule has 0 saturated carbocycles. The van der Waals surface area contributed by atoms with Crippen molar-refractivity contribution in [2.24, 2.45) is 5.92 Å². The van der Waals surface area contributed by atoms with Gasteiger partial charge in [-0.25, -0.2) is 0 Å². The van der Waals surface area contributed by atoms with E-state index in [2.05, 4.69) is 17.4 Å². The molecule has 2 nitrogen and oxygen atoms in total. The molecule has 60 valence electrons. The number of rotatable bonds is 0. The SMILES string of the molecule is O=C1NC2c3ccccc3CC12. The summed E-state index contributed by atoms with van der Waals surface area (Å²) in [5.74, 6) is 0.457. The van der Waals surface area contributed by atoms with E-state index in [1.54, 1.807) is 0 Å². The second-order valence-electron chi connectivity index (χ2n) is 3.50. The molecule has 1 aliphatic carbocycles. The molecular weight excluding hydrogens is 150 g/mol. The standard InChI is InChI=1S/C10H9NO/c12-10-8-5-6-3-1-2-4-7(6)9(8)11-10/h1-4,8-9H,5H2,(H,11,12). The van der Waals surface area contributed by atoms with Crippen LogP contribution in [0.3, 0.4) is 0 Å². The molecule has 1 saturated heterocycles. The molecule has 2 heteroatoms. The fraction of sp³-hybridized carbons (Fsp3) is 0.300. The average molecular weight is 159 g/mol. The molecule has 3 rings (SSSR count). The number of hydrogen-bond acceptors (Lipinski definition) is 1. The van der Waals surface area contributed by atoms with Gasteiger partial charge >= 0.3 is 0 Å². The van der Waals surface area contributed by atoms with E-state index >= 15 is 0 Å². The van der Waals surface area contributed by atoms with Crippen LogP contribution in [0.4, 0.5) is 0 Å². The Balaban J connectivity index is 2.10. The number of carbonyl (C=O) groups excluding carboxylic acids is 1. The molecule has 1 amide bonds. The smallest absolute Gasteiger partial charge is 0.226 e. The summed E-state index contributed by atoms with van der Waals surface area (Å²) in [6.07, 6.45) is 0.937. The topological polar surface area (TPSA) is 29.1 Å². The maximum Gasteiger partial charge on any atom is 0.226 e. The molecule has 0 radical (unpaired) electrons. The van der Waals surface area contributed by atoms with Crippen LogP contribution < -0.4 is 5.32 Å². The number of amides is 1. The van der Waals surface area contributed by atoms with E-state index < -0.39 is 0 Å². The van der Waals surface area contributed by atoms with Gasteiger partial charge in [-0.1, -0.05) is 24.3 Å². The Morgan fingerprint density at radius 2 is 2.17 bits per heavy atom. The van der Waals surface area contributed by atoms with Crippen LogP contribution in [-0.4, -0.2) is 5.91 Å².